The van der Waals surface area contributed by atoms with Crippen molar-refractivity contribution in [2.24, 2.45) is 0 Å². The van der Waals surface area contributed by atoms with Gasteiger partial charge in [-0.15, -0.1) is 0 Å². The highest BCUT2D eigenvalue weighted by Gasteiger charge is 2.46. The Kier molecular flexibility index (Phi) is 9.90. The van der Waals surface area contributed by atoms with Gasteiger partial charge in [-0.25, -0.2) is 0 Å². The van der Waals surface area contributed by atoms with Crippen LogP contribution in [0.2, 0.25) is 0 Å². The number of likely N-dealkylation sites (tertiary alicyclic amines) is 1. The summed E-state index contributed by atoms with van der Waals surface area (Å²) in [6.07, 6.45) is 1.53. The molecule has 0 saturated carbocycles. The summed E-state index contributed by atoms with van der Waals surface area (Å²) in [5, 5.41) is 18.5. The normalized spacial score (nSPS) is 23.9. The third-order valence-electron chi connectivity index (χ3n) is 5.82. The average molecular weight is 437 g/mol. The number of hydrogen-bond acceptors (Lipinski definition) is 7. The van der Waals surface area contributed by atoms with E-state index in [1.165, 1.54) is 7.11 Å². The molecule has 0 aromatic heterocycles. The Morgan fingerprint density at radius 3 is 2.45 bits per heavy atom. The second-order valence-electron chi connectivity index (χ2n) is 7.58. The number of rotatable bonds is 6. The Morgan fingerprint density at radius 1 is 1.19 bits per heavy atom. The van der Waals surface area contributed by atoms with Crippen LogP contribution in [-0.2, 0) is 29.5 Å². The molecule has 0 aliphatic carbocycles. The number of carboxylic acid groups (broad SMARTS) is 1. The fraction of sp³-hybridized carbons (Fsp3) is 0.591. The van der Waals surface area contributed by atoms with Gasteiger partial charge in [0, 0.05) is 39.0 Å². The van der Waals surface area contributed by atoms with Gasteiger partial charge >= 0.3 is 5.97 Å². The monoisotopic (exact) mass is 436 g/mol. The van der Waals surface area contributed by atoms with Crippen LogP contribution in [0.15, 0.2) is 30.3 Å². The molecule has 31 heavy (non-hydrogen) atoms. The van der Waals surface area contributed by atoms with Gasteiger partial charge in [-0.2, -0.15) is 0 Å². The predicted octanol–water partition coefficient (Wildman–Crippen LogP) is 0.851. The van der Waals surface area contributed by atoms with Crippen molar-refractivity contribution < 1.29 is 34.1 Å². The number of nitrogens with zero attached hydrogens (tertiary/aromatic N) is 2. The molecule has 0 spiro atoms. The first-order valence-corrected chi connectivity index (χ1v) is 10.5. The van der Waals surface area contributed by atoms with Crippen LogP contribution in [-0.4, -0.2) is 90.9 Å². The first-order chi connectivity index (χ1) is 15.0. The lowest BCUT2D eigenvalue weighted by Crippen LogP contribution is -2.63. The van der Waals surface area contributed by atoms with Crippen LogP contribution < -0.4 is 0 Å². The van der Waals surface area contributed by atoms with E-state index in [0.29, 0.717) is 45.6 Å². The summed E-state index contributed by atoms with van der Waals surface area (Å²) in [6, 6.07) is 9.55. The molecule has 2 heterocycles. The SMILES string of the molecule is COC(=O)CCCC(=O)N1CC[C@](O)(c2ccccc2)[C@H](N2CCOCC2)C1.O=CO. The summed E-state index contributed by atoms with van der Waals surface area (Å²) in [7, 11) is 1.35. The molecule has 1 aromatic carbocycles. The second-order valence-corrected chi connectivity index (χ2v) is 7.58. The Morgan fingerprint density at radius 2 is 1.84 bits per heavy atom. The minimum atomic E-state index is -0.999. The molecule has 2 atom stereocenters. The first-order valence-electron chi connectivity index (χ1n) is 10.5. The second kappa shape index (κ2) is 12.4. The molecule has 2 saturated heterocycles. The number of methoxy groups -OCH3 is 1. The number of ether oxygens (including phenoxy) is 2. The van der Waals surface area contributed by atoms with Gasteiger partial charge in [0.15, 0.2) is 0 Å². The first kappa shape index (κ1) is 24.8. The largest absolute Gasteiger partial charge is 0.483 e. The molecule has 2 aliphatic heterocycles. The molecule has 9 nitrogen and oxygen atoms in total. The summed E-state index contributed by atoms with van der Waals surface area (Å²) in [5.41, 5.74) is -0.106. The van der Waals surface area contributed by atoms with Gasteiger partial charge in [0.1, 0.15) is 5.60 Å². The van der Waals surface area contributed by atoms with Gasteiger partial charge in [0.2, 0.25) is 5.91 Å². The highest BCUT2D eigenvalue weighted by Crippen LogP contribution is 2.36. The summed E-state index contributed by atoms with van der Waals surface area (Å²) in [4.78, 5) is 36.4. The van der Waals surface area contributed by atoms with E-state index >= 15 is 0 Å². The van der Waals surface area contributed by atoms with E-state index in [-0.39, 0.29) is 30.8 Å². The lowest BCUT2D eigenvalue weighted by Gasteiger charge is -2.50. The van der Waals surface area contributed by atoms with Gasteiger partial charge in [0.05, 0.1) is 26.4 Å². The molecule has 0 bridgehead atoms. The van der Waals surface area contributed by atoms with Crippen LogP contribution in [0.3, 0.4) is 0 Å². The van der Waals surface area contributed by atoms with E-state index in [4.69, 9.17) is 14.6 Å². The number of carbonyl (C=O) groups is 3. The Balaban J connectivity index is 0.00000107. The van der Waals surface area contributed by atoms with Crippen LogP contribution in [0.1, 0.15) is 31.2 Å². The number of morpholine rings is 1. The van der Waals surface area contributed by atoms with E-state index in [9.17, 15) is 14.7 Å². The highest BCUT2D eigenvalue weighted by atomic mass is 16.5. The van der Waals surface area contributed by atoms with Crippen molar-refractivity contribution in [3.8, 4) is 0 Å². The molecule has 2 N–H and O–H groups in total. The summed E-state index contributed by atoms with van der Waals surface area (Å²) < 4.78 is 10.1. The van der Waals surface area contributed by atoms with Gasteiger partial charge in [-0.3, -0.25) is 19.3 Å². The maximum atomic E-state index is 12.7. The highest BCUT2D eigenvalue weighted by molar-refractivity contribution is 5.77. The lowest BCUT2D eigenvalue weighted by atomic mass is 9.79. The fourth-order valence-corrected chi connectivity index (χ4v) is 4.16. The van der Waals surface area contributed by atoms with E-state index < -0.39 is 5.60 Å². The molecule has 1 aromatic rings. The average Bonchev–Trinajstić information content (AvgIpc) is 2.80. The Bertz CT molecular complexity index is 709. The quantitative estimate of drug-likeness (QED) is 0.498. The molecule has 2 aliphatic rings. The van der Waals surface area contributed by atoms with Crippen LogP contribution in [0, 0.1) is 0 Å². The van der Waals surface area contributed by atoms with Crippen LogP contribution in [0.25, 0.3) is 0 Å². The van der Waals surface area contributed by atoms with E-state index in [0.717, 1.165) is 18.7 Å². The Hall–Kier alpha value is -2.49. The minimum Gasteiger partial charge on any atom is -0.483 e. The van der Waals surface area contributed by atoms with Crippen molar-refractivity contribution in [3.05, 3.63) is 35.9 Å². The molecule has 3 rings (SSSR count). The van der Waals surface area contributed by atoms with Gasteiger partial charge in [0.25, 0.3) is 6.47 Å². The standard InChI is InChI=1S/C21H30N2O5.CH2O2/c1-27-20(25)9-5-8-19(24)23-11-10-21(26,17-6-3-2-4-7-17)18(16-23)22-12-14-28-15-13-22;2-1-3/h2-4,6-7,18,26H,5,8-16H2,1H3;1H,(H,2,3)/t18-,21+;/m1./s1. The van der Waals surface area contributed by atoms with E-state index in [2.05, 4.69) is 9.64 Å². The zero-order chi connectivity index (χ0) is 22.7. The molecule has 9 heteroatoms. The zero-order valence-corrected chi connectivity index (χ0v) is 17.9. The third-order valence-corrected chi connectivity index (χ3v) is 5.82. The predicted molar refractivity (Wildman–Crippen MR) is 112 cm³/mol. The topological polar surface area (TPSA) is 117 Å². The van der Waals surface area contributed by atoms with Gasteiger partial charge in [-0.05, 0) is 18.4 Å². The van der Waals surface area contributed by atoms with Gasteiger partial charge < -0.3 is 24.6 Å². The number of benzene rings is 1. The van der Waals surface area contributed by atoms with Crippen LogP contribution >= 0.6 is 0 Å². The zero-order valence-electron chi connectivity index (χ0n) is 17.9. The van der Waals surface area contributed by atoms with Crippen molar-refractivity contribution >= 4 is 18.3 Å². The number of carbonyl (C=O) groups excluding carboxylic acids is 2. The van der Waals surface area contributed by atoms with Gasteiger partial charge in [-0.1, -0.05) is 30.3 Å². The lowest BCUT2D eigenvalue weighted by molar-refractivity contribution is -0.148. The number of piperidine rings is 1. The Labute approximate surface area is 182 Å². The van der Waals surface area contributed by atoms with Crippen LogP contribution in [0.5, 0.6) is 0 Å². The minimum absolute atomic E-state index is 0.0253. The molecular weight excluding hydrogens is 404 g/mol. The van der Waals surface area contributed by atoms with Crippen molar-refractivity contribution in [3.63, 3.8) is 0 Å². The maximum absolute atomic E-state index is 12.7. The number of amides is 1. The molecule has 1 amide bonds. The van der Waals surface area contributed by atoms with Crippen molar-refractivity contribution in [2.45, 2.75) is 37.3 Å². The molecule has 0 unspecified atom stereocenters. The van der Waals surface area contributed by atoms with E-state index in [1.54, 1.807) is 0 Å². The molecule has 2 fully saturated rings. The summed E-state index contributed by atoms with van der Waals surface area (Å²) in [5.74, 6) is -0.270. The molecule has 172 valence electrons. The van der Waals surface area contributed by atoms with Crippen molar-refractivity contribution in [1.29, 1.82) is 0 Å². The molecule has 0 radical (unpaired) electrons. The maximum Gasteiger partial charge on any atom is 0.305 e. The summed E-state index contributed by atoms with van der Waals surface area (Å²) in [6.45, 7) is 3.48. The fourth-order valence-electron chi connectivity index (χ4n) is 4.16. The number of hydrogen-bond donors (Lipinski definition) is 2. The van der Waals surface area contributed by atoms with E-state index in [1.807, 2.05) is 35.2 Å². The van der Waals surface area contributed by atoms with Crippen LogP contribution in [0.4, 0.5) is 0 Å². The van der Waals surface area contributed by atoms with Crippen molar-refractivity contribution in [1.82, 2.24) is 9.80 Å². The smallest absolute Gasteiger partial charge is 0.305 e. The molecular formula is C22H32N2O7. The summed E-state index contributed by atoms with van der Waals surface area (Å²) >= 11 is 0. The number of aliphatic hydroxyl groups is 1. The van der Waals surface area contributed by atoms with Crippen molar-refractivity contribution in [2.75, 3.05) is 46.5 Å². The number of esters is 1. The third kappa shape index (κ3) is 6.75.